The number of rotatable bonds is 4. The van der Waals surface area contributed by atoms with Crippen LogP contribution in [0, 0.1) is 0 Å². The lowest BCUT2D eigenvalue weighted by atomic mass is 10.1. The van der Waals surface area contributed by atoms with Crippen LogP contribution in [0.15, 0.2) is 54.6 Å². The van der Waals surface area contributed by atoms with Crippen molar-refractivity contribution >= 4 is 23.4 Å². The number of nitrogens with zero attached hydrogens (tertiary/aromatic N) is 1. The molecule has 0 bridgehead atoms. The van der Waals surface area contributed by atoms with Crippen molar-refractivity contribution in [3.63, 3.8) is 0 Å². The first-order valence-corrected chi connectivity index (χ1v) is 7.03. The molecule has 0 radical (unpaired) electrons. The zero-order valence-corrected chi connectivity index (χ0v) is 12.5. The molecule has 0 saturated heterocycles. The molecule has 2 rings (SSSR count). The van der Waals surface area contributed by atoms with E-state index in [0.29, 0.717) is 5.02 Å². The Hall–Kier alpha value is -2.13. The Bertz CT molecular complexity index is 623. The van der Waals surface area contributed by atoms with Crippen LogP contribution >= 0.6 is 11.6 Å². The minimum Gasteiger partial charge on any atom is -0.278 e. The Morgan fingerprint density at radius 2 is 1.57 bits per heavy atom. The summed E-state index contributed by atoms with van der Waals surface area (Å²) in [6.45, 7) is 1.66. The molecule has 0 atom stereocenters. The molecule has 0 aliphatic carbocycles. The van der Waals surface area contributed by atoms with Gasteiger partial charge >= 0.3 is 0 Å². The maximum Gasteiger partial charge on any atom is 0.233 e. The summed E-state index contributed by atoms with van der Waals surface area (Å²) in [5.74, 6) is -0.463. The van der Waals surface area contributed by atoms with Crippen molar-refractivity contribution in [1.82, 2.24) is 4.90 Å². The third kappa shape index (κ3) is 4.43. The first-order valence-electron chi connectivity index (χ1n) is 6.65. The number of imide groups is 1. The lowest BCUT2D eigenvalue weighted by Crippen LogP contribution is -2.35. The predicted octanol–water partition coefficient (Wildman–Crippen LogP) is 3.46. The molecule has 108 valence electrons. The molecule has 0 fully saturated rings. The Morgan fingerprint density at radius 1 is 0.952 bits per heavy atom. The van der Waals surface area contributed by atoms with Crippen LogP contribution in [0.2, 0.25) is 5.02 Å². The van der Waals surface area contributed by atoms with Crippen molar-refractivity contribution in [2.75, 3.05) is 0 Å². The zero-order valence-electron chi connectivity index (χ0n) is 11.8. The molecule has 3 nitrogen and oxygen atoms in total. The number of amides is 2. The smallest absolute Gasteiger partial charge is 0.233 e. The monoisotopic (exact) mass is 301 g/mol. The molecule has 21 heavy (non-hydrogen) atoms. The molecule has 2 aromatic carbocycles. The second kappa shape index (κ2) is 7.04. The van der Waals surface area contributed by atoms with Gasteiger partial charge in [-0.15, -0.1) is 0 Å². The number of benzene rings is 2. The van der Waals surface area contributed by atoms with Gasteiger partial charge in [-0.05, 0) is 23.3 Å². The van der Waals surface area contributed by atoms with E-state index in [9.17, 15) is 9.59 Å². The first kappa shape index (κ1) is 15.3. The molecule has 0 N–H and O–H groups in total. The van der Waals surface area contributed by atoms with Crippen LogP contribution < -0.4 is 0 Å². The molecule has 0 unspecified atom stereocenters. The fraction of sp³-hybridized carbons (Fsp3) is 0.176. The highest BCUT2D eigenvalue weighted by Gasteiger charge is 2.18. The maximum atomic E-state index is 12.3. The third-order valence-electron chi connectivity index (χ3n) is 3.13. The van der Waals surface area contributed by atoms with E-state index in [1.165, 1.54) is 11.8 Å². The molecule has 0 saturated carbocycles. The predicted molar refractivity (Wildman–Crippen MR) is 82.8 cm³/mol. The average molecular weight is 302 g/mol. The molecular weight excluding hydrogens is 286 g/mol. The van der Waals surface area contributed by atoms with Crippen molar-refractivity contribution in [3.05, 3.63) is 70.7 Å². The summed E-state index contributed by atoms with van der Waals surface area (Å²) in [5, 5.41) is 0.628. The topological polar surface area (TPSA) is 37.4 Å². The Kier molecular flexibility index (Phi) is 5.12. The summed E-state index contributed by atoms with van der Waals surface area (Å²) >= 11 is 5.83. The Balaban J connectivity index is 2.09. The minimum absolute atomic E-state index is 0.205. The largest absolute Gasteiger partial charge is 0.278 e. The van der Waals surface area contributed by atoms with Gasteiger partial charge in [0.15, 0.2) is 0 Å². The van der Waals surface area contributed by atoms with Crippen molar-refractivity contribution < 1.29 is 9.59 Å². The van der Waals surface area contributed by atoms with Crippen molar-refractivity contribution in [3.8, 4) is 0 Å². The summed E-state index contributed by atoms with van der Waals surface area (Å²) < 4.78 is 0. The van der Waals surface area contributed by atoms with Crippen LogP contribution in [0.3, 0.4) is 0 Å². The summed E-state index contributed by atoms with van der Waals surface area (Å²) in [6, 6.07) is 16.5. The van der Waals surface area contributed by atoms with E-state index in [4.69, 9.17) is 11.6 Å². The summed E-state index contributed by atoms with van der Waals surface area (Å²) in [7, 11) is 0. The lowest BCUT2D eigenvalue weighted by molar-refractivity contribution is -0.143. The van der Waals surface area contributed by atoms with E-state index in [1.54, 1.807) is 12.1 Å². The van der Waals surface area contributed by atoms with Crippen LogP contribution in [0.1, 0.15) is 18.1 Å². The number of carbonyl (C=O) groups is 2. The normalized spacial score (nSPS) is 10.2. The Morgan fingerprint density at radius 3 is 2.14 bits per heavy atom. The number of carbonyl (C=O) groups excluding carboxylic acids is 2. The van der Waals surface area contributed by atoms with Gasteiger partial charge < -0.3 is 0 Å². The SMILES string of the molecule is CC(=O)N(Cc1ccc(Cl)cc1)C(=O)Cc1ccccc1. The zero-order chi connectivity index (χ0) is 15.2. The average Bonchev–Trinajstić information content (AvgIpc) is 2.47. The fourth-order valence-corrected chi connectivity index (χ4v) is 2.14. The van der Waals surface area contributed by atoms with Gasteiger partial charge in [-0.25, -0.2) is 0 Å². The highest BCUT2D eigenvalue weighted by atomic mass is 35.5. The quantitative estimate of drug-likeness (QED) is 0.867. The highest BCUT2D eigenvalue weighted by molar-refractivity contribution is 6.30. The van der Waals surface area contributed by atoms with E-state index in [-0.39, 0.29) is 24.8 Å². The summed E-state index contributed by atoms with van der Waals surface area (Å²) in [5.41, 5.74) is 1.76. The van der Waals surface area contributed by atoms with Gasteiger partial charge in [-0.2, -0.15) is 0 Å². The van der Waals surface area contributed by atoms with Crippen molar-refractivity contribution in [2.24, 2.45) is 0 Å². The number of hydrogen-bond acceptors (Lipinski definition) is 2. The van der Waals surface area contributed by atoms with Gasteiger partial charge in [0.25, 0.3) is 0 Å². The summed E-state index contributed by atoms with van der Waals surface area (Å²) in [4.78, 5) is 25.3. The Labute approximate surface area is 129 Å². The van der Waals surface area contributed by atoms with Gasteiger partial charge in [0.2, 0.25) is 11.8 Å². The van der Waals surface area contributed by atoms with E-state index in [1.807, 2.05) is 42.5 Å². The second-order valence-corrected chi connectivity index (χ2v) is 5.22. The molecular formula is C17H16ClNO2. The molecule has 2 amide bonds. The van der Waals surface area contributed by atoms with Crippen molar-refractivity contribution in [1.29, 1.82) is 0 Å². The van der Waals surface area contributed by atoms with Gasteiger partial charge in [0.05, 0.1) is 13.0 Å². The van der Waals surface area contributed by atoms with Crippen LogP contribution in [0.25, 0.3) is 0 Å². The van der Waals surface area contributed by atoms with E-state index < -0.39 is 0 Å². The standard InChI is InChI=1S/C17H16ClNO2/c1-13(20)19(12-15-7-9-16(18)10-8-15)17(21)11-14-5-3-2-4-6-14/h2-10H,11-12H2,1H3. The van der Waals surface area contributed by atoms with Crippen LogP contribution in [0.5, 0.6) is 0 Å². The van der Waals surface area contributed by atoms with Gasteiger partial charge in [0, 0.05) is 11.9 Å². The molecule has 0 aromatic heterocycles. The van der Waals surface area contributed by atoms with E-state index >= 15 is 0 Å². The van der Waals surface area contributed by atoms with E-state index in [2.05, 4.69) is 0 Å². The summed E-state index contributed by atoms with van der Waals surface area (Å²) in [6.07, 6.45) is 0.216. The first-order chi connectivity index (χ1) is 10.1. The molecule has 2 aromatic rings. The molecule has 0 aliphatic rings. The van der Waals surface area contributed by atoms with Crippen molar-refractivity contribution in [2.45, 2.75) is 19.9 Å². The number of halogens is 1. The van der Waals surface area contributed by atoms with Crippen LogP contribution in [-0.4, -0.2) is 16.7 Å². The van der Waals surface area contributed by atoms with Gasteiger partial charge in [-0.1, -0.05) is 54.1 Å². The molecule has 0 aliphatic heterocycles. The fourth-order valence-electron chi connectivity index (χ4n) is 2.01. The molecule has 0 heterocycles. The maximum absolute atomic E-state index is 12.3. The highest BCUT2D eigenvalue weighted by Crippen LogP contribution is 2.13. The van der Waals surface area contributed by atoms with Crippen LogP contribution in [-0.2, 0) is 22.6 Å². The number of hydrogen-bond donors (Lipinski definition) is 0. The molecule has 4 heteroatoms. The third-order valence-corrected chi connectivity index (χ3v) is 3.39. The van der Waals surface area contributed by atoms with Gasteiger partial charge in [-0.3, -0.25) is 14.5 Å². The second-order valence-electron chi connectivity index (χ2n) is 4.79. The molecule has 0 spiro atoms. The van der Waals surface area contributed by atoms with Gasteiger partial charge in [0.1, 0.15) is 0 Å². The lowest BCUT2D eigenvalue weighted by Gasteiger charge is -2.19. The van der Waals surface area contributed by atoms with Crippen LogP contribution in [0.4, 0.5) is 0 Å². The van der Waals surface area contributed by atoms with E-state index in [0.717, 1.165) is 11.1 Å². The minimum atomic E-state index is -0.258.